The first kappa shape index (κ1) is 31.6. The standard InChI is InChI=1S/C52H35NO/c1-3-12-36(13-4-1)38-22-25-41(26-23-38)47-19-11-21-50-52(47)48-33-32-45(35-51(48)54-50)53(49-20-10-9-18-46(49)40-15-5-2-6-16-40)44-30-28-39(29-31-44)43-27-24-37-14-7-8-17-42(37)34-43/h1-35H. The van der Waals surface area contributed by atoms with E-state index in [1.54, 1.807) is 0 Å². The van der Waals surface area contributed by atoms with Crippen LogP contribution in [0.1, 0.15) is 0 Å². The van der Waals surface area contributed by atoms with Crippen molar-refractivity contribution in [1.29, 1.82) is 0 Å². The second-order valence-electron chi connectivity index (χ2n) is 13.7. The Balaban J connectivity index is 1.09. The molecule has 9 aromatic carbocycles. The maximum atomic E-state index is 6.67. The topological polar surface area (TPSA) is 16.4 Å². The van der Waals surface area contributed by atoms with Gasteiger partial charge in [0.15, 0.2) is 0 Å². The van der Waals surface area contributed by atoms with E-state index in [4.69, 9.17) is 4.42 Å². The first-order chi connectivity index (χ1) is 26.8. The molecule has 10 aromatic rings. The summed E-state index contributed by atoms with van der Waals surface area (Å²) < 4.78 is 6.67. The molecule has 0 unspecified atom stereocenters. The van der Waals surface area contributed by atoms with Crippen molar-refractivity contribution in [3.05, 3.63) is 212 Å². The van der Waals surface area contributed by atoms with E-state index in [1.807, 2.05) is 0 Å². The fourth-order valence-electron chi connectivity index (χ4n) is 7.80. The van der Waals surface area contributed by atoms with Crippen molar-refractivity contribution >= 4 is 49.8 Å². The van der Waals surface area contributed by atoms with Gasteiger partial charge in [0.2, 0.25) is 0 Å². The molecule has 0 bridgehead atoms. The van der Waals surface area contributed by atoms with Gasteiger partial charge in [-0.25, -0.2) is 0 Å². The van der Waals surface area contributed by atoms with E-state index in [2.05, 4.69) is 217 Å². The normalized spacial score (nSPS) is 11.3. The number of furan rings is 1. The summed E-state index contributed by atoms with van der Waals surface area (Å²) >= 11 is 0. The van der Waals surface area contributed by atoms with Gasteiger partial charge in [-0.1, -0.05) is 164 Å². The van der Waals surface area contributed by atoms with Crippen molar-refractivity contribution in [3.8, 4) is 44.5 Å². The molecule has 0 aliphatic rings. The lowest BCUT2D eigenvalue weighted by molar-refractivity contribution is 0.669. The summed E-state index contributed by atoms with van der Waals surface area (Å²) in [5.41, 5.74) is 14.4. The van der Waals surface area contributed by atoms with E-state index < -0.39 is 0 Å². The maximum absolute atomic E-state index is 6.67. The Bertz CT molecular complexity index is 2910. The summed E-state index contributed by atoms with van der Waals surface area (Å²) in [4.78, 5) is 2.35. The number of fused-ring (bicyclic) bond motifs is 4. The van der Waals surface area contributed by atoms with Crippen LogP contribution in [0.3, 0.4) is 0 Å². The SMILES string of the molecule is c1ccc(-c2ccc(-c3cccc4oc5cc(N(c6ccc(-c7ccc8ccccc8c7)cc6)c6ccccc6-c6ccccc6)ccc5c34)cc2)cc1. The molecule has 2 heteroatoms. The van der Waals surface area contributed by atoms with Gasteiger partial charge in [0.05, 0.1) is 5.69 Å². The number of benzene rings is 9. The van der Waals surface area contributed by atoms with Crippen LogP contribution in [0.15, 0.2) is 217 Å². The molecule has 0 saturated heterocycles. The lowest BCUT2D eigenvalue weighted by Gasteiger charge is -2.28. The van der Waals surface area contributed by atoms with Crippen LogP contribution in [0.5, 0.6) is 0 Å². The molecule has 0 saturated carbocycles. The van der Waals surface area contributed by atoms with Gasteiger partial charge in [0.25, 0.3) is 0 Å². The Labute approximate surface area is 314 Å². The minimum absolute atomic E-state index is 0.853. The molecule has 0 N–H and O–H groups in total. The van der Waals surface area contributed by atoms with E-state index in [1.165, 1.54) is 38.6 Å². The summed E-state index contributed by atoms with van der Waals surface area (Å²) in [6.45, 7) is 0. The van der Waals surface area contributed by atoms with Gasteiger partial charge in [-0.15, -0.1) is 0 Å². The Morgan fingerprint density at radius 3 is 1.67 bits per heavy atom. The van der Waals surface area contributed by atoms with Crippen LogP contribution in [0.4, 0.5) is 17.1 Å². The average molecular weight is 690 g/mol. The number of para-hydroxylation sites is 1. The molecule has 0 aliphatic heterocycles. The molecule has 0 radical (unpaired) electrons. The zero-order valence-corrected chi connectivity index (χ0v) is 29.6. The molecule has 1 heterocycles. The summed E-state index contributed by atoms with van der Waals surface area (Å²) in [5.74, 6) is 0. The minimum Gasteiger partial charge on any atom is -0.456 e. The van der Waals surface area contributed by atoms with Crippen molar-refractivity contribution in [2.24, 2.45) is 0 Å². The smallest absolute Gasteiger partial charge is 0.137 e. The summed E-state index contributed by atoms with van der Waals surface area (Å²) in [5, 5.41) is 4.71. The molecule has 10 rings (SSSR count). The Morgan fingerprint density at radius 2 is 0.870 bits per heavy atom. The number of nitrogens with zero attached hydrogens (tertiary/aromatic N) is 1. The third kappa shape index (κ3) is 5.71. The highest BCUT2D eigenvalue weighted by Crippen LogP contribution is 2.44. The van der Waals surface area contributed by atoms with Crippen LogP contribution in [-0.2, 0) is 0 Å². The molecule has 2 nitrogen and oxygen atoms in total. The quantitative estimate of drug-likeness (QED) is 0.166. The van der Waals surface area contributed by atoms with Gasteiger partial charge < -0.3 is 9.32 Å². The third-order valence-electron chi connectivity index (χ3n) is 10.5. The van der Waals surface area contributed by atoms with E-state index in [0.29, 0.717) is 0 Å². The first-order valence-electron chi connectivity index (χ1n) is 18.4. The molecule has 0 atom stereocenters. The lowest BCUT2D eigenvalue weighted by Crippen LogP contribution is -2.11. The number of rotatable bonds is 7. The van der Waals surface area contributed by atoms with Crippen LogP contribution >= 0.6 is 0 Å². The fourth-order valence-corrected chi connectivity index (χ4v) is 7.80. The van der Waals surface area contributed by atoms with Gasteiger partial charge in [-0.2, -0.15) is 0 Å². The van der Waals surface area contributed by atoms with Gasteiger partial charge in [-0.3, -0.25) is 0 Å². The molecule has 0 fully saturated rings. The minimum atomic E-state index is 0.853. The van der Waals surface area contributed by atoms with Crippen LogP contribution in [0, 0.1) is 0 Å². The monoisotopic (exact) mass is 689 g/mol. The Kier molecular flexibility index (Phi) is 7.85. The Hall–Kier alpha value is -7.16. The average Bonchev–Trinajstić information content (AvgIpc) is 3.63. The van der Waals surface area contributed by atoms with Crippen molar-refractivity contribution in [1.82, 2.24) is 0 Å². The van der Waals surface area contributed by atoms with Gasteiger partial charge >= 0.3 is 0 Å². The van der Waals surface area contributed by atoms with E-state index >= 15 is 0 Å². The summed E-state index contributed by atoms with van der Waals surface area (Å²) in [6, 6.07) is 75.7. The highest BCUT2D eigenvalue weighted by Gasteiger charge is 2.20. The Morgan fingerprint density at radius 1 is 0.315 bits per heavy atom. The molecule has 54 heavy (non-hydrogen) atoms. The molecular weight excluding hydrogens is 655 g/mol. The summed E-state index contributed by atoms with van der Waals surface area (Å²) in [6.07, 6.45) is 0. The molecule has 254 valence electrons. The van der Waals surface area contributed by atoms with E-state index in [9.17, 15) is 0 Å². The molecule has 0 aliphatic carbocycles. The number of hydrogen-bond donors (Lipinski definition) is 0. The predicted octanol–water partition coefficient (Wildman–Crippen LogP) is 14.9. The molecule has 1 aromatic heterocycles. The second-order valence-corrected chi connectivity index (χ2v) is 13.7. The highest BCUT2D eigenvalue weighted by molar-refractivity contribution is 6.13. The number of anilines is 3. The maximum Gasteiger partial charge on any atom is 0.137 e. The van der Waals surface area contributed by atoms with Crippen LogP contribution in [0.25, 0.3) is 77.2 Å². The van der Waals surface area contributed by atoms with Crippen LogP contribution in [0.2, 0.25) is 0 Å². The fraction of sp³-hybridized carbons (Fsp3) is 0. The highest BCUT2D eigenvalue weighted by atomic mass is 16.3. The van der Waals surface area contributed by atoms with Crippen LogP contribution in [-0.4, -0.2) is 0 Å². The van der Waals surface area contributed by atoms with Gasteiger partial charge in [-0.05, 0) is 92.2 Å². The van der Waals surface area contributed by atoms with Crippen molar-refractivity contribution in [3.63, 3.8) is 0 Å². The first-order valence-corrected chi connectivity index (χ1v) is 18.4. The second kappa shape index (κ2) is 13.4. The lowest BCUT2D eigenvalue weighted by atomic mass is 9.97. The predicted molar refractivity (Wildman–Crippen MR) is 228 cm³/mol. The third-order valence-corrected chi connectivity index (χ3v) is 10.5. The van der Waals surface area contributed by atoms with Crippen molar-refractivity contribution in [2.45, 2.75) is 0 Å². The van der Waals surface area contributed by atoms with E-state index in [-0.39, 0.29) is 0 Å². The largest absolute Gasteiger partial charge is 0.456 e. The van der Waals surface area contributed by atoms with Crippen molar-refractivity contribution < 1.29 is 4.42 Å². The van der Waals surface area contributed by atoms with E-state index in [0.717, 1.165) is 55.7 Å². The molecular formula is C52H35NO. The summed E-state index contributed by atoms with van der Waals surface area (Å²) in [7, 11) is 0. The van der Waals surface area contributed by atoms with Gasteiger partial charge in [0.1, 0.15) is 11.2 Å². The molecule has 0 amide bonds. The number of hydrogen-bond acceptors (Lipinski definition) is 2. The zero-order chi connectivity index (χ0) is 35.8. The molecule has 0 spiro atoms. The van der Waals surface area contributed by atoms with Crippen LogP contribution < -0.4 is 4.90 Å². The van der Waals surface area contributed by atoms with Gasteiger partial charge in [0, 0.05) is 33.8 Å². The van der Waals surface area contributed by atoms with Crippen molar-refractivity contribution in [2.75, 3.05) is 4.90 Å². The zero-order valence-electron chi connectivity index (χ0n) is 29.6.